The Morgan fingerprint density at radius 2 is 1.60 bits per heavy atom. The first-order valence-electron chi connectivity index (χ1n) is 9.57. The molecule has 6 nitrogen and oxygen atoms in total. The number of carbonyl (C=O) groups is 2. The molecule has 0 aromatic heterocycles. The van der Waals surface area contributed by atoms with E-state index in [9.17, 15) is 14.7 Å². The van der Waals surface area contributed by atoms with Crippen molar-refractivity contribution >= 4 is 17.7 Å². The van der Waals surface area contributed by atoms with Crippen LogP contribution in [0.4, 0.5) is 10.5 Å². The summed E-state index contributed by atoms with van der Waals surface area (Å²) < 4.78 is 10.1. The summed E-state index contributed by atoms with van der Waals surface area (Å²) in [5, 5.41) is 12.6. The number of hydrogen-bond acceptors (Lipinski definition) is 5. The molecule has 152 valence electrons. The van der Waals surface area contributed by atoms with Gasteiger partial charge >= 0.3 is 12.1 Å². The molecule has 3 aromatic carbocycles. The number of phenols is 1. The van der Waals surface area contributed by atoms with Crippen molar-refractivity contribution < 1.29 is 24.2 Å². The Hall–Kier alpha value is -3.80. The van der Waals surface area contributed by atoms with Crippen LogP contribution in [0, 0.1) is 0 Å². The lowest BCUT2D eigenvalue weighted by atomic mass is 9.98. The first kappa shape index (κ1) is 19.5. The smallest absolute Gasteiger partial charge is 0.411 e. The second-order valence-corrected chi connectivity index (χ2v) is 7.05. The van der Waals surface area contributed by atoms with Gasteiger partial charge in [-0.1, -0.05) is 54.6 Å². The van der Waals surface area contributed by atoms with E-state index in [1.54, 1.807) is 6.07 Å². The molecular weight excluding hydrogens is 382 g/mol. The van der Waals surface area contributed by atoms with Crippen LogP contribution >= 0.6 is 0 Å². The number of ether oxygens (including phenoxy) is 2. The van der Waals surface area contributed by atoms with Crippen LogP contribution in [0.25, 0.3) is 11.1 Å². The molecule has 1 amide bonds. The number of benzene rings is 3. The number of amides is 1. The fourth-order valence-electron chi connectivity index (χ4n) is 3.78. The number of aromatic hydroxyl groups is 1. The van der Waals surface area contributed by atoms with Gasteiger partial charge in [-0.05, 0) is 39.9 Å². The number of hydrogen-bond donors (Lipinski definition) is 2. The number of rotatable bonds is 5. The molecule has 0 spiro atoms. The molecule has 1 aliphatic rings. The van der Waals surface area contributed by atoms with Crippen molar-refractivity contribution in [2.24, 2.45) is 0 Å². The van der Waals surface area contributed by atoms with Gasteiger partial charge < -0.3 is 14.6 Å². The maximum absolute atomic E-state index is 12.4. The van der Waals surface area contributed by atoms with Gasteiger partial charge in [-0.2, -0.15) is 0 Å². The summed E-state index contributed by atoms with van der Waals surface area (Å²) in [4.78, 5) is 23.9. The molecule has 0 heterocycles. The first-order valence-corrected chi connectivity index (χ1v) is 9.57. The van der Waals surface area contributed by atoms with E-state index >= 15 is 0 Å². The number of fused-ring (bicyclic) bond motifs is 3. The Labute approximate surface area is 174 Å². The van der Waals surface area contributed by atoms with Gasteiger partial charge in [-0.25, -0.2) is 4.79 Å². The van der Waals surface area contributed by atoms with Crippen LogP contribution in [-0.4, -0.2) is 30.9 Å². The lowest BCUT2D eigenvalue weighted by molar-refractivity contribution is -0.139. The number of carbonyl (C=O) groups excluding carboxylic acids is 2. The molecule has 0 bridgehead atoms. The van der Waals surface area contributed by atoms with Crippen molar-refractivity contribution in [2.45, 2.75) is 12.3 Å². The fourth-order valence-corrected chi connectivity index (χ4v) is 3.78. The number of nitrogens with one attached hydrogen (secondary N) is 1. The van der Waals surface area contributed by atoms with Gasteiger partial charge in [0, 0.05) is 5.92 Å². The normalized spacial score (nSPS) is 12.0. The standard InChI is InChI=1S/C24H21NO5/c1-29-23(27)13-15-10-11-22(26)21(12-15)25-24(28)30-14-20-18-8-4-2-6-16(18)17-7-3-5-9-19(17)20/h2-12,20,26H,13-14H2,1H3,(H,25,28). The minimum atomic E-state index is -0.678. The highest BCUT2D eigenvalue weighted by atomic mass is 16.5. The van der Waals surface area contributed by atoms with Crippen LogP contribution in [0.15, 0.2) is 66.7 Å². The van der Waals surface area contributed by atoms with E-state index in [1.165, 1.54) is 19.2 Å². The predicted molar refractivity (Wildman–Crippen MR) is 113 cm³/mol. The summed E-state index contributed by atoms with van der Waals surface area (Å²) in [7, 11) is 1.30. The zero-order valence-electron chi connectivity index (χ0n) is 16.4. The monoisotopic (exact) mass is 403 g/mol. The maximum atomic E-state index is 12.4. The third-order valence-corrected chi connectivity index (χ3v) is 5.22. The van der Waals surface area contributed by atoms with Crippen molar-refractivity contribution in [3.05, 3.63) is 83.4 Å². The molecule has 2 N–H and O–H groups in total. The van der Waals surface area contributed by atoms with Crippen molar-refractivity contribution in [1.82, 2.24) is 0 Å². The third-order valence-electron chi connectivity index (χ3n) is 5.22. The van der Waals surface area contributed by atoms with E-state index in [4.69, 9.17) is 4.74 Å². The minimum Gasteiger partial charge on any atom is -0.506 e. The molecule has 3 aromatic rings. The molecule has 0 saturated heterocycles. The van der Waals surface area contributed by atoms with Crippen molar-refractivity contribution in [3.8, 4) is 16.9 Å². The zero-order valence-corrected chi connectivity index (χ0v) is 16.4. The molecule has 0 aliphatic heterocycles. The van der Waals surface area contributed by atoms with Gasteiger partial charge in [0.15, 0.2) is 0 Å². The highest BCUT2D eigenvalue weighted by Gasteiger charge is 2.29. The summed E-state index contributed by atoms with van der Waals surface area (Å²) in [5.74, 6) is -0.577. The second-order valence-electron chi connectivity index (χ2n) is 7.05. The van der Waals surface area contributed by atoms with Crippen LogP contribution in [0.5, 0.6) is 5.75 Å². The predicted octanol–water partition coefficient (Wildman–Crippen LogP) is 4.47. The molecule has 30 heavy (non-hydrogen) atoms. The molecule has 0 saturated carbocycles. The molecule has 1 aliphatic carbocycles. The maximum Gasteiger partial charge on any atom is 0.411 e. The first-order chi connectivity index (χ1) is 14.6. The molecule has 0 atom stereocenters. The highest BCUT2D eigenvalue weighted by molar-refractivity contribution is 5.87. The molecule has 6 heteroatoms. The number of methoxy groups -OCH3 is 1. The number of phenolic OH excluding ortho intramolecular Hbond substituents is 1. The van der Waals surface area contributed by atoms with Crippen molar-refractivity contribution in [2.75, 3.05) is 19.0 Å². The molecule has 4 rings (SSSR count). The Bertz CT molecular complexity index is 1060. The van der Waals surface area contributed by atoms with Gasteiger partial charge in [0.05, 0.1) is 19.2 Å². The van der Waals surface area contributed by atoms with Crippen LogP contribution in [0.1, 0.15) is 22.6 Å². The fraction of sp³-hybridized carbons (Fsp3) is 0.167. The van der Waals surface area contributed by atoms with E-state index in [2.05, 4.69) is 22.2 Å². The average molecular weight is 403 g/mol. The average Bonchev–Trinajstić information content (AvgIpc) is 3.08. The minimum absolute atomic E-state index is 0.0378. The second kappa shape index (κ2) is 8.29. The van der Waals surface area contributed by atoms with Crippen molar-refractivity contribution in [1.29, 1.82) is 0 Å². The van der Waals surface area contributed by atoms with E-state index in [0.717, 1.165) is 22.3 Å². The molecule has 0 unspecified atom stereocenters. The summed E-state index contributed by atoms with van der Waals surface area (Å²) in [6.07, 6.45) is -0.641. The number of esters is 1. The summed E-state index contributed by atoms with van der Waals surface area (Å²) in [6, 6.07) is 20.7. The van der Waals surface area contributed by atoms with E-state index < -0.39 is 12.1 Å². The Morgan fingerprint density at radius 3 is 2.23 bits per heavy atom. The van der Waals surface area contributed by atoms with E-state index in [0.29, 0.717) is 5.56 Å². The Balaban J connectivity index is 1.46. The largest absolute Gasteiger partial charge is 0.506 e. The van der Waals surface area contributed by atoms with Gasteiger partial charge in [0.2, 0.25) is 0 Å². The number of anilines is 1. The van der Waals surface area contributed by atoms with Crippen LogP contribution in [0.2, 0.25) is 0 Å². The van der Waals surface area contributed by atoms with Crippen molar-refractivity contribution in [3.63, 3.8) is 0 Å². The van der Waals surface area contributed by atoms with Gasteiger partial charge in [-0.15, -0.1) is 0 Å². The quantitative estimate of drug-likeness (QED) is 0.485. The van der Waals surface area contributed by atoms with Gasteiger partial charge in [-0.3, -0.25) is 10.1 Å². The SMILES string of the molecule is COC(=O)Cc1ccc(O)c(NC(=O)OCC2c3ccccc3-c3ccccc32)c1. The van der Waals surface area contributed by atoms with Crippen LogP contribution in [0.3, 0.4) is 0 Å². The van der Waals surface area contributed by atoms with Gasteiger partial charge in [0.1, 0.15) is 12.4 Å². The molecule has 0 fully saturated rings. The summed E-state index contributed by atoms with van der Waals surface area (Å²) >= 11 is 0. The third kappa shape index (κ3) is 3.85. The topological polar surface area (TPSA) is 84.9 Å². The Kier molecular flexibility index (Phi) is 5.39. The Morgan fingerprint density at radius 1 is 0.967 bits per heavy atom. The zero-order chi connectivity index (χ0) is 21.1. The lowest BCUT2D eigenvalue weighted by Gasteiger charge is -2.15. The van der Waals surface area contributed by atoms with E-state index in [1.807, 2.05) is 36.4 Å². The van der Waals surface area contributed by atoms with E-state index in [-0.39, 0.29) is 30.4 Å². The highest BCUT2D eigenvalue weighted by Crippen LogP contribution is 2.44. The summed E-state index contributed by atoms with van der Waals surface area (Å²) in [6.45, 7) is 0.169. The lowest BCUT2D eigenvalue weighted by Crippen LogP contribution is -2.18. The molecular formula is C24H21NO5. The van der Waals surface area contributed by atoms with Gasteiger partial charge in [0.25, 0.3) is 0 Å². The molecule has 0 radical (unpaired) electrons. The van der Waals surface area contributed by atoms with Crippen LogP contribution in [-0.2, 0) is 20.7 Å². The van der Waals surface area contributed by atoms with Crippen LogP contribution < -0.4 is 5.32 Å². The summed E-state index contributed by atoms with van der Waals surface area (Å²) in [5.41, 5.74) is 5.32.